The summed E-state index contributed by atoms with van der Waals surface area (Å²) in [5, 5.41) is 14.6. The molecule has 1 saturated carbocycles. The fraction of sp³-hybridized carbons (Fsp3) is 0.455. The predicted molar refractivity (Wildman–Crippen MR) is 216 cm³/mol. The summed E-state index contributed by atoms with van der Waals surface area (Å²) >= 11 is 6.29. The van der Waals surface area contributed by atoms with Crippen LogP contribution in [-0.2, 0) is 33.1 Å². The minimum atomic E-state index is -3.58. The van der Waals surface area contributed by atoms with E-state index in [9.17, 15) is 18.3 Å². The molecule has 3 aromatic carbocycles. The van der Waals surface area contributed by atoms with Crippen molar-refractivity contribution in [3.63, 3.8) is 0 Å². The number of pyridine rings is 1. The van der Waals surface area contributed by atoms with Gasteiger partial charge in [0.05, 0.1) is 18.1 Å². The highest BCUT2D eigenvalue weighted by atomic mass is 35.5. The molecule has 1 aromatic heterocycles. The molecule has 55 heavy (non-hydrogen) atoms. The van der Waals surface area contributed by atoms with Crippen LogP contribution >= 0.6 is 11.6 Å². The summed E-state index contributed by atoms with van der Waals surface area (Å²) in [6, 6.07) is 24.0. The summed E-state index contributed by atoms with van der Waals surface area (Å²) in [7, 11) is -3.58. The average molecular weight is 786 g/mol. The summed E-state index contributed by atoms with van der Waals surface area (Å²) in [6.45, 7) is 5.74. The van der Waals surface area contributed by atoms with Crippen molar-refractivity contribution >= 4 is 33.3 Å². The van der Waals surface area contributed by atoms with E-state index in [1.54, 1.807) is 42.5 Å². The van der Waals surface area contributed by atoms with Gasteiger partial charge in [0.2, 0.25) is 10.0 Å². The number of carbonyl (C=O) groups is 1. The topological polar surface area (TPSA) is 127 Å². The quantitative estimate of drug-likeness (QED) is 0.102. The van der Waals surface area contributed by atoms with E-state index in [1.165, 1.54) is 16.7 Å². The first-order chi connectivity index (χ1) is 26.5. The number of anilines is 1. The molecule has 0 radical (unpaired) electrons. The van der Waals surface area contributed by atoms with Gasteiger partial charge in [0, 0.05) is 34.7 Å². The minimum Gasteiger partial charge on any atom is -0.494 e. The van der Waals surface area contributed by atoms with Gasteiger partial charge in [-0.1, -0.05) is 55.8 Å². The lowest BCUT2D eigenvalue weighted by Gasteiger charge is -2.47. The van der Waals surface area contributed by atoms with Gasteiger partial charge in [0.1, 0.15) is 17.0 Å². The van der Waals surface area contributed by atoms with Crippen LogP contribution in [0.15, 0.2) is 90.0 Å². The van der Waals surface area contributed by atoms with Gasteiger partial charge >= 0.3 is 5.97 Å². The number of aryl methyl sites for hydroxylation is 1. The third-order valence-electron chi connectivity index (χ3n) is 12.2. The number of benzene rings is 3. The zero-order valence-electron chi connectivity index (χ0n) is 31.7. The van der Waals surface area contributed by atoms with E-state index in [0.29, 0.717) is 67.9 Å². The molecule has 3 atom stereocenters. The highest BCUT2D eigenvalue weighted by Crippen LogP contribution is 2.57. The number of nitrogens with one attached hydrogen (secondary N) is 2. The van der Waals surface area contributed by atoms with E-state index in [-0.39, 0.29) is 22.8 Å². The second-order valence-corrected chi connectivity index (χ2v) is 18.1. The maximum absolute atomic E-state index is 13.0. The first-order valence-electron chi connectivity index (χ1n) is 19.7. The lowest BCUT2D eigenvalue weighted by Crippen LogP contribution is -2.53. The third kappa shape index (κ3) is 8.52. The Morgan fingerprint density at radius 3 is 2.58 bits per heavy atom. The monoisotopic (exact) mass is 785 g/mol. The number of halogens is 1. The predicted octanol–water partition coefficient (Wildman–Crippen LogP) is 8.95. The van der Waals surface area contributed by atoms with Gasteiger partial charge in [-0.2, -0.15) is 0 Å². The van der Waals surface area contributed by atoms with Crippen LogP contribution in [0, 0.1) is 11.8 Å². The smallest absolute Gasteiger partial charge is 0.329 e. The Hall–Kier alpha value is -4.12. The van der Waals surface area contributed by atoms with Crippen molar-refractivity contribution in [2.24, 2.45) is 11.8 Å². The summed E-state index contributed by atoms with van der Waals surface area (Å²) in [5.41, 5.74) is 4.31. The number of fused-ring (bicyclic) bond motifs is 3. The van der Waals surface area contributed by atoms with Crippen LogP contribution in [0.4, 0.5) is 5.69 Å². The van der Waals surface area contributed by atoms with Gasteiger partial charge < -0.3 is 19.9 Å². The van der Waals surface area contributed by atoms with Crippen LogP contribution in [0.5, 0.6) is 11.5 Å². The van der Waals surface area contributed by atoms with Crippen LogP contribution in [0.25, 0.3) is 0 Å². The molecule has 4 aromatic rings. The SMILES string of the molecule is C[C@@H](COc1ccnc2c1[C@H](C)CCC2)CC1Cc2ccc(OCCCNS(=O)(=O)c3ccccc3)cc2C12CCC(Nc1cccc(Cl)c1)(C(=O)O)CC2. The van der Waals surface area contributed by atoms with Gasteiger partial charge in [-0.15, -0.1) is 0 Å². The molecule has 1 spiro atoms. The minimum absolute atomic E-state index is 0.229. The number of carboxylic acids is 1. The van der Waals surface area contributed by atoms with Crippen LogP contribution in [-0.4, -0.2) is 49.8 Å². The second kappa shape index (κ2) is 16.5. The third-order valence-corrected chi connectivity index (χ3v) is 13.9. The summed E-state index contributed by atoms with van der Waals surface area (Å²) < 4.78 is 40.8. The van der Waals surface area contributed by atoms with E-state index in [2.05, 4.69) is 41.0 Å². The molecule has 11 heteroatoms. The zero-order chi connectivity index (χ0) is 38.6. The lowest BCUT2D eigenvalue weighted by atomic mass is 9.59. The number of hydrogen-bond donors (Lipinski definition) is 3. The van der Waals surface area contributed by atoms with Gasteiger partial charge in [0.15, 0.2) is 0 Å². The van der Waals surface area contributed by atoms with Crippen molar-refractivity contribution in [3.05, 3.63) is 112 Å². The Kier molecular flexibility index (Phi) is 11.8. The maximum Gasteiger partial charge on any atom is 0.329 e. The molecule has 1 heterocycles. The summed E-state index contributed by atoms with van der Waals surface area (Å²) in [6.07, 6.45) is 9.87. The Balaban J connectivity index is 1.07. The van der Waals surface area contributed by atoms with Gasteiger partial charge in [0.25, 0.3) is 0 Å². The first-order valence-corrected chi connectivity index (χ1v) is 21.5. The van der Waals surface area contributed by atoms with Crippen molar-refractivity contribution in [1.82, 2.24) is 9.71 Å². The number of aromatic nitrogens is 1. The molecule has 0 bridgehead atoms. The zero-order valence-corrected chi connectivity index (χ0v) is 33.3. The van der Waals surface area contributed by atoms with E-state index in [0.717, 1.165) is 49.3 Å². The molecule has 3 aliphatic rings. The van der Waals surface area contributed by atoms with Crippen molar-refractivity contribution in [2.75, 3.05) is 25.1 Å². The number of nitrogens with zero attached hydrogens (tertiary/aromatic N) is 1. The molecule has 1 fully saturated rings. The molecular formula is C44H52ClN3O6S. The highest BCUT2D eigenvalue weighted by molar-refractivity contribution is 7.89. The molecule has 3 aliphatic carbocycles. The lowest BCUT2D eigenvalue weighted by molar-refractivity contribution is -0.144. The first kappa shape index (κ1) is 39.1. The van der Waals surface area contributed by atoms with E-state index < -0.39 is 21.5 Å². The summed E-state index contributed by atoms with van der Waals surface area (Å²) in [4.78, 5) is 17.9. The van der Waals surface area contributed by atoms with Crippen molar-refractivity contribution in [3.8, 4) is 11.5 Å². The molecular weight excluding hydrogens is 734 g/mol. The average Bonchev–Trinajstić information content (AvgIpc) is 3.46. The van der Waals surface area contributed by atoms with Crippen molar-refractivity contribution < 1.29 is 27.8 Å². The Morgan fingerprint density at radius 2 is 1.82 bits per heavy atom. The highest BCUT2D eigenvalue weighted by Gasteiger charge is 2.54. The molecule has 292 valence electrons. The largest absolute Gasteiger partial charge is 0.494 e. The van der Waals surface area contributed by atoms with Gasteiger partial charge in [-0.05, 0) is 147 Å². The Morgan fingerprint density at radius 1 is 1.02 bits per heavy atom. The van der Waals surface area contributed by atoms with E-state index >= 15 is 0 Å². The maximum atomic E-state index is 13.0. The molecule has 7 rings (SSSR count). The molecule has 1 unspecified atom stereocenters. The number of rotatable bonds is 15. The number of carboxylic acid groups (broad SMARTS) is 1. The fourth-order valence-corrected chi connectivity index (χ4v) is 10.6. The van der Waals surface area contributed by atoms with Crippen LogP contribution < -0.4 is 19.5 Å². The number of hydrogen-bond acceptors (Lipinski definition) is 7. The molecule has 0 saturated heterocycles. The van der Waals surface area contributed by atoms with E-state index in [1.807, 2.05) is 30.5 Å². The molecule has 0 amide bonds. The van der Waals surface area contributed by atoms with Gasteiger partial charge in [-0.3, -0.25) is 4.98 Å². The molecule has 3 N–H and O–H groups in total. The van der Waals surface area contributed by atoms with Gasteiger partial charge in [-0.25, -0.2) is 17.9 Å². The van der Waals surface area contributed by atoms with Crippen LogP contribution in [0.3, 0.4) is 0 Å². The van der Waals surface area contributed by atoms with Crippen molar-refractivity contribution in [2.45, 2.75) is 99.8 Å². The standard InChI is InChI=1S/C44H52ClN3O6S/c1-30(29-54-40-17-23-46-39-14-6-9-31(2)41(39)40)25-33-26-32-15-16-36(53-24-8-22-47-55(51,52)37-12-4-3-5-13-37)28-38(32)43(33)18-20-44(21-19-43,42(49)50)48-35-11-7-10-34(45)27-35/h3-5,7,10-13,15-17,23,27-28,30-31,33,47-48H,6,8-9,14,18-22,24-26,29H2,1-2H3,(H,49,50)/t30-,31-,33?,43?,44?/m1/s1. The number of ether oxygens (including phenoxy) is 2. The fourth-order valence-electron chi connectivity index (χ4n) is 9.32. The Bertz CT molecular complexity index is 2090. The summed E-state index contributed by atoms with van der Waals surface area (Å²) in [5.74, 6) is 1.84. The Labute approximate surface area is 330 Å². The molecule has 0 aliphatic heterocycles. The number of sulfonamides is 1. The second-order valence-electron chi connectivity index (χ2n) is 15.9. The van der Waals surface area contributed by atoms with Crippen molar-refractivity contribution in [1.29, 1.82) is 0 Å². The molecule has 9 nitrogen and oxygen atoms in total. The normalized spacial score (nSPS) is 23.8. The van der Waals surface area contributed by atoms with Crippen LogP contribution in [0.2, 0.25) is 5.02 Å². The van der Waals surface area contributed by atoms with Crippen LogP contribution in [0.1, 0.15) is 93.5 Å². The van der Waals surface area contributed by atoms with E-state index in [4.69, 9.17) is 21.1 Å². The number of aliphatic carboxylic acids is 1.